The van der Waals surface area contributed by atoms with E-state index in [2.05, 4.69) is 39.8 Å². The number of benzene rings is 1. The Bertz CT molecular complexity index is 952. The minimum atomic E-state index is -0.597. The van der Waals surface area contributed by atoms with Crippen LogP contribution in [0.1, 0.15) is 50.5 Å². The van der Waals surface area contributed by atoms with Gasteiger partial charge in [-0.05, 0) is 57.0 Å². The quantitative estimate of drug-likeness (QED) is 0.388. The van der Waals surface area contributed by atoms with E-state index in [-0.39, 0.29) is 30.3 Å². The summed E-state index contributed by atoms with van der Waals surface area (Å²) < 4.78 is 0. The zero-order chi connectivity index (χ0) is 28.3. The average Bonchev–Trinajstić information content (AvgIpc) is 3.45. The molecule has 0 bridgehead atoms. The molecule has 1 aliphatic carbocycles. The SMILES string of the molecule is CN(C)CC(=O)N1CSC[C@H]1C(=O)N[C@@H](CSCC1CCCCC1)C(=O)NC1CCN(Cc2ccccc2)CC1. The molecule has 3 amide bonds. The zero-order valence-corrected chi connectivity index (χ0v) is 25.8. The van der Waals surface area contributed by atoms with Crippen LogP contribution in [-0.2, 0) is 20.9 Å². The summed E-state index contributed by atoms with van der Waals surface area (Å²) >= 11 is 3.37. The maximum absolute atomic E-state index is 13.5. The van der Waals surface area contributed by atoms with E-state index >= 15 is 0 Å². The molecule has 0 spiro atoms. The van der Waals surface area contributed by atoms with Gasteiger partial charge in [-0.25, -0.2) is 0 Å². The van der Waals surface area contributed by atoms with Crippen molar-refractivity contribution >= 4 is 41.2 Å². The number of carbonyl (C=O) groups excluding carboxylic acids is 3. The summed E-state index contributed by atoms with van der Waals surface area (Å²) in [5, 5.41) is 6.32. The second-order valence-electron chi connectivity index (χ2n) is 11.8. The van der Waals surface area contributed by atoms with Crippen LogP contribution in [0.25, 0.3) is 0 Å². The van der Waals surface area contributed by atoms with E-state index in [0.717, 1.165) is 38.2 Å². The fourth-order valence-corrected chi connectivity index (χ4v) is 8.26. The molecule has 0 aromatic heterocycles. The molecule has 222 valence electrons. The van der Waals surface area contributed by atoms with Crippen molar-refractivity contribution in [3.63, 3.8) is 0 Å². The number of hydrogen-bond donors (Lipinski definition) is 2. The first kappa shape index (κ1) is 31.2. The van der Waals surface area contributed by atoms with Gasteiger partial charge in [0.1, 0.15) is 12.1 Å². The maximum atomic E-state index is 13.5. The third kappa shape index (κ3) is 9.67. The van der Waals surface area contributed by atoms with Crippen LogP contribution in [0.4, 0.5) is 0 Å². The Hall–Kier alpha value is -1.75. The van der Waals surface area contributed by atoms with Gasteiger partial charge in [0.15, 0.2) is 0 Å². The van der Waals surface area contributed by atoms with Crippen LogP contribution in [0, 0.1) is 5.92 Å². The third-order valence-corrected chi connectivity index (χ3v) is 10.4. The number of nitrogens with zero attached hydrogens (tertiary/aromatic N) is 3. The summed E-state index contributed by atoms with van der Waals surface area (Å²) in [6.45, 7) is 3.08. The van der Waals surface area contributed by atoms with Gasteiger partial charge in [0.25, 0.3) is 0 Å². The van der Waals surface area contributed by atoms with Crippen LogP contribution in [0.5, 0.6) is 0 Å². The van der Waals surface area contributed by atoms with E-state index in [0.29, 0.717) is 23.3 Å². The first-order chi connectivity index (χ1) is 19.4. The molecule has 2 heterocycles. The molecule has 10 heteroatoms. The summed E-state index contributed by atoms with van der Waals surface area (Å²) in [5.41, 5.74) is 1.31. The molecule has 1 aromatic carbocycles. The highest BCUT2D eigenvalue weighted by molar-refractivity contribution is 7.99. The zero-order valence-electron chi connectivity index (χ0n) is 24.2. The van der Waals surface area contributed by atoms with E-state index < -0.39 is 12.1 Å². The number of rotatable bonds is 12. The summed E-state index contributed by atoms with van der Waals surface area (Å²) in [6.07, 6.45) is 8.26. The topological polar surface area (TPSA) is 85.0 Å². The van der Waals surface area contributed by atoms with Crippen LogP contribution in [-0.4, -0.2) is 107 Å². The molecule has 3 fully saturated rings. The number of nitrogens with one attached hydrogen (secondary N) is 2. The molecule has 40 heavy (non-hydrogen) atoms. The molecule has 8 nitrogen and oxygen atoms in total. The molecule has 4 rings (SSSR count). The van der Waals surface area contributed by atoms with Gasteiger partial charge in [0, 0.05) is 37.2 Å². The summed E-state index contributed by atoms with van der Waals surface area (Å²) in [7, 11) is 3.71. The molecule has 0 radical (unpaired) electrons. The third-order valence-electron chi connectivity index (χ3n) is 8.14. The number of likely N-dealkylation sites (tertiary alicyclic amines) is 1. The number of carbonyl (C=O) groups is 3. The van der Waals surface area contributed by atoms with Gasteiger partial charge in [-0.3, -0.25) is 19.3 Å². The summed E-state index contributed by atoms with van der Waals surface area (Å²) in [6, 6.07) is 9.49. The number of amides is 3. The highest BCUT2D eigenvalue weighted by Gasteiger charge is 2.37. The lowest BCUT2D eigenvalue weighted by molar-refractivity contribution is -0.139. The molecular weight excluding hydrogens is 542 g/mol. The average molecular weight is 590 g/mol. The Morgan fingerprint density at radius 2 is 1.77 bits per heavy atom. The number of thioether (sulfide) groups is 2. The van der Waals surface area contributed by atoms with Crippen LogP contribution in [0.15, 0.2) is 30.3 Å². The molecule has 2 N–H and O–H groups in total. The van der Waals surface area contributed by atoms with Gasteiger partial charge in [-0.1, -0.05) is 49.6 Å². The normalized spacial score (nSPS) is 21.9. The van der Waals surface area contributed by atoms with Gasteiger partial charge >= 0.3 is 0 Å². The van der Waals surface area contributed by atoms with Gasteiger partial charge in [-0.2, -0.15) is 11.8 Å². The second kappa shape index (κ2) is 16.0. The smallest absolute Gasteiger partial charge is 0.244 e. The monoisotopic (exact) mass is 589 g/mol. The van der Waals surface area contributed by atoms with E-state index in [1.165, 1.54) is 37.7 Å². The van der Waals surface area contributed by atoms with Crippen LogP contribution >= 0.6 is 23.5 Å². The standard InChI is InChI=1S/C30H47N5O3S2/c1-33(2)18-28(36)35-22-40-21-27(35)30(38)32-26(20-39-19-24-11-7-4-8-12-24)29(37)31-25-13-15-34(16-14-25)17-23-9-5-3-6-10-23/h3,5-6,9-10,24-27H,4,7-8,11-22H2,1-2H3,(H,31,37)(H,32,38)/t26-,27-/m0/s1. The molecule has 2 aliphatic heterocycles. The van der Waals surface area contributed by atoms with E-state index in [1.807, 2.05) is 25.1 Å². The molecule has 1 saturated carbocycles. The Kier molecular flexibility index (Phi) is 12.5. The Labute approximate surface area is 248 Å². The van der Waals surface area contributed by atoms with Gasteiger partial charge in [0.05, 0.1) is 12.4 Å². The van der Waals surface area contributed by atoms with Gasteiger partial charge in [0.2, 0.25) is 17.7 Å². The largest absolute Gasteiger partial charge is 0.351 e. The van der Waals surface area contributed by atoms with Crippen molar-refractivity contribution in [2.24, 2.45) is 5.92 Å². The molecule has 3 aliphatic rings. The van der Waals surface area contributed by atoms with Crippen molar-refractivity contribution in [1.82, 2.24) is 25.3 Å². The first-order valence-electron chi connectivity index (χ1n) is 14.9. The molecule has 0 unspecified atom stereocenters. The lowest BCUT2D eigenvalue weighted by Crippen LogP contribution is -2.57. The van der Waals surface area contributed by atoms with Crippen LogP contribution < -0.4 is 10.6 Å². The second-order valence-corrected chi connectivity index (χ2v) is 13.8. The van der Waals surface area contributed by atoms with Crippen molar-refractivity contribution in [3.05, 3.63) is 35.9 Å². The number of hydrogen-bond acceptors (Lipinski definition) is 7. The fourth-order valence-electron chi connectivity index (χ4n) is 5.80. The number of likely N-dealkylation sites (N-methyl/N-ethyl adjacent to an activating group) is 1. The van der Waals surface area contributed by atoms with E-state index in [1.54, 1.807) is 28.4 Å². The highest BCUT2D eigenvalue weighted by atomic mass is 32.2. The fraction of sp³-hybridized carbons (Fsp3) is 0.700. The van der Waals surface area contributed by atoms with Crippen LogP contribution in [0.3, 0.4) is 0 Å². The first-order valence-corrected chi connectivity index (χ1v) is 17.2. The predicted molar refractivity (Wildman–Crippen MR) is 165 cm³/mol. The Balaban J connectivity index is 1.31. The Morgan fingerprint density at radius 1 is 1.05 bits per heavy atom. The predicted octanol–water partition coefficient (Wildman–Crippen LogP) is 3.03. The lowest BCUT2D eigenvalue weighted by Gasteiger charge is -2.33. The molecule has 2 atom stereocenters. The summed E-state index contributed by atoms with van der Waals surface area (Å²) in [5.74, 6) is 3.02. The minimum Gasteiger partial charge on any atom is -0.351 e. The van der Waals surface area contributed by atoms with Crippen molar-refractivity contribution in [2.75, 3.05) is 56.9 Å². The molecule has 2 saturated heterocycles. The van der Waals surface area contributed by atoms with Crippen molar-refractivity contribution in [3.8, 4) is 0 Å². The Morgan fingerprint density at radius 3 is 2.48 bits per heavy atom. The lowest BCUT2D eigenvalue weighted by atomic mass is 9.91. The summed E-state index contributed by atoms with van der Waals surface area (Å²) in [4.78, 5) is 45.6. The van der Waals surface area contributed by atoms with Gasteiger partial charge in [-0.15, -0.1) is 11.8 Å². The van der Waals surface area contributed by atoms with Crippen LogP contribution in [0.2, 0.25) is 0 Å². The van der Waals surface area contributed by atoms with E-state index in [4.69, 9.17) is 0 Å². The molecule has 1 aromatic rings. The van der Waals surface area contributed by atoms with E-state index in [9.17, 15) is 14.4 Å². The van der Waals surface area contributed by atoms with Crippen molar-refractivity contribution in [1.29, 1.82) is 0 Å². The maximum Gasteiger partial charge on any atom is 0.244 e. The minimum absolute atomic E-state index is 0.0508. The highest BCUT2D eigenvalue weighted by Crippen LogP contribution is 2.27. The van der Waals surface area contributed by atoms with Gasteiger partial charge < -0.3 is 20.4 Å². The van der Waals surface area contributed by atoms with Crippen molar-refractivity contribution in [2.45, 2.75) is 69.6 Å². The molecular formula is C30H47N5O3S2. The number of piperidine rings is 1. The van der Waals surface area contributed by atoms with Crippen molar-refractivity contribution < 1.29 is 14.4 Å².